The summed E-state index contributed by atoms with van der Waals surface area (Å²) in [6.07, 6.45) is 7.15. The predicted octanol–water partition coefficient (Wildman–Crippen LogP) is 2.47. The van der Waals surface area contributed by atoms with Crippen LogP contribution in [-0.2, 0) is 0 Å². The van der Waals surface area contributed by atoms with E-state index in [1.165, 1.54) is 0 Å². The van der Waals surface area contributed by atoms with Crippen LogP contribution in [0.15, 0.2) is 29.7 Å². The Morgan fingerprint density at radius 3 is 2.69 bits per heavy atom. The fourth-order valence-electron chi connectivity index (χ4n) is 0.852. The summed E-state index contributed by atoms with van der Waals surface area (Å²) < 4.78 is 1.84. The largest absolute Gasteiger partial charge is 0.382 e. The molecule has 0 saturated carbocycles. The number of nitrogen functional groups attached to an aromatic ring is 1. The average molecular weight is 198 g/mol. The SMILES string of the molecule is C/C(Cl)=C\C=C(/C)n1cnc(N)c1. The van der Waals surface area contributed by atoms with Crippen molar-refractivity contribution in [1.82, 2.24) is 9.55 Å². The summed E-state index contributed by atoms with van der Waals surface area (Å²) in [4.78, 5) is 3.91. The third-order valence-electron chi connectivity index (χ3n) is 1.56. The average Bonchev–Trinajstić information content (AvgIpc) is 2.47. The lowest BCUT2D eigenvalue weighted by Crippen LogP contribution is -1.88. The highest BCUT2D eigenvalue weighted by Gasteiger charge is 1.93. The number of rotatable bonds is 2. The minimum atomic E-state index is 0.513. The minimum Gasteiger partial charge on any atom is -0.382 e. The summed E-state index contributed by atoms with van der Waals surface area (Å²) in [5.41, 5.74) is 6.49. The van der Waals surface area contributed by atoms with Gasteiger partial charge in [0.15, 0.2) is 0 Å². The first-order valence-electron chi connectivity index (χ1n) is 3.90. The lowest BCUT2D eigenvalue weighted by Gasteiger charge is -1.98. The standard InChI is InChI=1S/C9H12ClN3/c1-7(10)3-4-8(2)13-5-9(11)12-6-13/h3-6H,11H2,1-2H3/b7-3+,8-4+. The number of aromatic nitrogens is 2. The Labute approximate surface area is 82.5 Å². The van der Waals surface area contributed by atoms with Gasteiger partial charge in [-0.15, -0.1) is 0 Å². The van der Waals surface area contributed by atoms with Crippen LogP contribution in [0, 0.1) is 0 Å². The first kappa shape index (κ1) is 9.86. The number of nitrogens with two attached hydrogens (primary N) is 1. The van der Waals surface area contributed by atoms with E-state index in [2.05, 4.69) is 4.98 Å². The molecule has 13 heavy (non-hydrogen) atoms. The summed E-state index contributed by atoms with van der Waals surface area (Å²) >= 11 is 5.68. The van der Waals surface area contributed by atoms with Gasteiger partial charge in [-0.2, -0.15) is 0 Å². The van der Waals surface area contributed by atoms with Crippen LogP contribution in [0.1, 0.15) is 13.8 Å². The van der Waals surface area contributed by atoms with Crippen molar-refractivity contribution in [3.8, 4) is 0 Å². The second-order valence-electron chi connectivity index (χ2n) is 2.77. The molecule has 1 rings (SSSR count). The zero-order valence-electron chi connectivity index (χ0n) is 7.66. The monoisotopic (exact) mass is 197 g/mol. The minimum absolute atomic E-state index is 0.513. The molecule has 0 bridgehead atoms. The van der Waals surface area contributed by atoms with E-state index in [1.54, 1.807) is 12.5 Å². The third-order valence-corrected chi connectivity index (χ3v) is 1.69. The molecule has 0 aromatic carbocycles. The molecule has 0 aliphatic rings. The van der Waals surface area contributed by atoms with Gasteiger partial charge in [0.1, 0.15) is 12.1 Å². The maximum absolute atomic E-state index is 5.68. The summed E-state index contributed by atoms with van der Waals surface area (Å²) in [5.74, 6) is 0.513. The quantitative estimate of drug-likeness (QED) is 0.741. The van der Waals surface area contributed by atoms with E-state index in [0.29, 0.717) is 5.82 Å². The molecular weight excluding hydrogens is 186 g/mol. The van der Waals surface area contributed by atoms with Gasteiger partial charge in [-0.25, -0.2) is 4.98 Å². The molecule has 3 nitrogen and oxygen atoms in total. The van der Waals surface area contributed by atoms with Crippen LogP contribution in [-0.4, -0.2) is 9.55 Å². The molecule has 0 spiro atoms. The van der Waals surface area contributed by atoms with Gasteiger partial charge in [0, 0.05) is 10.7 Å². The molecule has 0 atom stereocenters. The second kappa shape index (κ2) is 4.14. The fraction of sp³-hybridized carbons (Fsp3) is 0.222. The van der Waals surface area contributed by atoms with Crippen LogP contribution in [0.4, 0.5) is 5.82 Å². The van der Waals surface area contributed by atoms with Gasteiger partial charge in [-0.1, -0.05) is 11.6 Å². The topological polar surface area (TPSA) is 43.8 Å². The number of halogens is 1. The number of allylic oxidation sites excluding steroid dienone is 4. The molecule has 4 heteroatoms. The fourth-order valence-corrected chi connectivity index (χ4v) is 0.915. The van der Waals surface area contributed by atoms with Crippen LogP contribution in [0.5, 0.6) is 0 Å². The Morgan fingerprint density at radius 2 is 2.23 bits per heavy atom. The Bertz CT molecular complexity index is 345. The van der Waals surface area contributed by atoms with E-state index in [9.17, 15) is 0 Å². The van der Waals surface area contributed by atoms with E-state index >= 15 is 0 Å². The van der Waals surface area contributed by atoms with Crippen molar-refractivity contribution in [1.29, 1.82) is 0 Å². The molecule has 0 amide bonds. The van der Waals surface area contributed by atoms with Crippen LogP contribution < -0.4 is 5.73 Å². The zero-order valence-corrected chi connectivity index (χ0v) is 8.42. The molecule has 1 aromatic rings. The van der Waals surface area contributed by atoms with Crippen LogP contribution >= 0.6 is 11.6 Å². The summed E-state index contributed by atoms with van der Waals surface area (Å²) in [6.45, 7) is 3.78. The number of nitrogens with zero attached hydrogens (tertiary/aromatic N) is 2. The summed E-state index contributed by atoms with van der Waals surface area (Å²) in [6, 6.07) is 0. The van der Waals surface area contributed by atoms with Gasteiger partial charge in [0.05, 0.1) is 6.20 Å². The van der Waals surface area contributed by atoms with Crippen molar-refractivity contribution in [2.75, 3.05) is 5.73 Å². The molecular formula is C9H12ClN3. The van der Waals surface area contributed by atoms with Crippen molar-refractivity contribution in [2.24, 2.45) is 0 Å². The van der Waals surface area contributed by atoms with E-state index < -0.39 is 0 Å². The van der Waals surface area contributed by atoms with Crippen molar-refractivity contribution in [2.45, 2.75) is 13.8 Å². The lowest BCUT2D eigenvalue weighted by molar-refractivity contribution is 1.08. The van der Waals surface area contributed by atoms with E-state index in [0.717, 1.165) is 10.7 Å². The highest BCUT2D eigenvalue weighted by Crippen LogP contribution is 2.08. The van der Waals surface area contributed by atoms with E-state index in [-0.39, 0.29) is 0 Å². The summed E-state index contributed by atoms with van der Waals surface area (Å²) in [7, 11) is 0. The molecule has 2 N–H and O–H groups in total. The maximum Gasteiger partial charge on any atom is 0.141 e. The number of imidazole rings is 1. The van der Waals surface area contributed by atoms with Crippen molar-refractivity contribution in [3.63, 3.8) is 0 Å². The predicted molar refractivity (Wildman–Crippen MR) is 56.2 cm³/mol. The van der Waals surface area contributed by atoms with E-state index in [1.807, 2.05) is 30.6 Å². The molecule has 70 valence electrons. The van der Waals surface area contributed by atoms with E-state index in [4.69, 9.17) is 17.3 Å². The number of hydrogen-bond donors (Lipinski definition) is 1. The van der Waals surface area contributed by atoms with Gasteiger partial charge in [0.25, 0.3) is 0 Å². The van der Waals surface area contributed by atoms with Crippen LogP contribution in [0.25, 0.3) is 5.70 Å². The number of hydrogen-bond acceptors (Lipinski definition) is 2. The first-order valence-corrected chi connectivity index (χ1v) is 4.28. The molecule has 0 saturated heterocycles. The summed E-state index contributed by atoms with van der Waals surface area (Å²) in [5, 5.41) is 0.743. The normalized spacial score (nSPS) is 13.5. The molecule has 0 aliphatic heterocycles. The molecule has 1 aromatic heterocycles. The van der Waals surface area contributed by atoms with Gasteiger partial charge in [-0.05, 0) is 26.0 Å². The van der Waals surface area contributed by atoms with Gasteiger partial charge in [-0.3, -0.25) is 0 Å². The first-order chi connectivity index (χ1) is 6.09. The van der Waals surface area contributed by atoms with Gasteiger partial charge in [0.2, 0.25) is 0 Å². The Morgan fingerprint density at radius 1 is 1.54 bits per heavy atom. The molecule has 1 heterocycles. The van der Waals surface area contributed by atoms with Crippen molar-refractivity contribution >= 4 is 23.1 Å². The molecule has 0 unspecified atom stereocenters. The highest BCUT2D eigenvalue weighted by atomic mass is 35.5. The Balaban J connectivity index is 2.85. The second-order valence-corrected chi connectivity index (χ2v) is 3.36. The van der Waals surface area contributed by atoms with Crippen molar-refractivity contribution in [3.05, 3.63) is 29.7 Å². The van der Waals surface area contributed by atoms with Gasteiger partial charge >= 0.3 is 0 Å². The molecule has 0 fully saturated rings. The zero-order chi connectivity index (χ0) is 9.84. The van der Waals surface area contributed by atoms with Gasteiger partial charge < -0.3 is 10.3 Å². The maximum atomic E-state index is 5.68. The van der Waals surface area contributed by atoms with Crippen LogP contribution in [0.2, 0.25) is 0 Å². The highest BCUT2D eigenvalue weighted by molar-refractivity contribution is 6.29. The molecule has 0 aliphatic carbocycles. The van der Waals surface area contributed by atoms with Crippen molar-refractivity contribution < 1.29 is 0 Å². The third kappa shape index (κ3) is 2.95. The van der Waals surface area contributed by atoms with Crippen LogP contribution in [0.3, 0.4) is 0 Å². The number of anilines is 1. The Kier molecular flexibility index (Phi) is 3.14. The smallest absolute Gasteiger partial charge is 0.141 e. The lowest BCUT2D eigenvalue weighted by atomic mass is 10.4. The Hall–Kier alpha value is -1.22. The molecule has 0 radical (unpaired) electrons.